The third-order valence-electron chi connectivity index (χ3n) is 3.32. The SMILES string of the molecule is Cc1cc2c(n1CC(N)=O)CC(C)(C)CC2=O. The molecule has 1 aromatic rings. The molecule has 2 rings (SSSR count). The van der Waals surface area contributed by atoms with Crippen LogP contribution in [0.2, 0.25) is 0 Å². The van der Waals surface area contributed by atoms with Crippen molar-refractivity contribution in [3.05, 3.63) is 23.0 Å². The van der Waals surface area contributed by atoms with Crippen LogP contribution in [0.25, 0.3) is 0 Å². The first-order valence-corrected chi connectivity index (χ1v) is 5.81. The summed E-state index contributed by atoms with van der Waals surface area (Å²) in [7, 11) is 0. The Bertz CT molecular complexity index is 498. The number of aromatic nitrogens is 1. The summed E-state index contributed by atoms with van der Waals surface area (Å²) in [6, 6.07) is 1.87. The largest absolute Gasteiger partial charge is 0.368 e. The predicted octanol–water partition coefficient (Wildman–Crippen LogP) is 1.44. The molecule has 0 atom stereocenters. The number of nitrogens with two attached hydrogens (primary N) is 1. The number of carbonyl (C=O) groups is 2. The lowest BCUT2D eigenvalue weighted by atomic mass is 9.76. The standard InChI is InChI=1S/C13H18N2O2/c1-8-4-9-10(15(8)7-12(14)17)5-13(2,3)6-11(9)16/h4H,5-7H2,1-3H3,(H2,14,17). The number of primary amides is 1. The van der Waals surface area contributed by atoms with Crippen LogP contribution < -0.4 is 5.73 Å². The van der Waals surface area contributed by atoms with Gasteiger partial charge in [0, 0.05) is 23.4 Å². The number of aryl methyl sites for hydroxylation is 1. The quantitative estimate of drug-likeness (QED) is 0.841. The van der Waals surface area contributed by atoms with E-state index in [1.54, 1.807) is 0 Å². The van der Waals surface area contributed by atoms with Crippen LogP contribution in [-0.4, -0.2) is 16.3 Å². The number of fused-ring (bicyclic) bond motifs is 1. The number of hydrogen-bond acceptors (Lipinski definition) is 2. The highest BCUT2D eigenvalue weighted by Crippen LogP contribution is 2.36. The van der Waals surface area contributed by atoms with Gasteiger partial charge in [-0.15, -0.1) is 0 Å². The van der Waals surface area contributed by atoms with Crippen LogP contribution in [0.4, 0.5) is 0 Å². The molecule has 0 bridgehead atoms. The molecule has 4 nitrogen and oxygen atoms in total. The van der Waals surface area contributed by atoms with Gasteiger partial charge >= 0.3 is 0 Å². The Balaban J connectivity index is 2.51. The van der Waals surface area contributed by atoms with Gasteiger partial charge in [0.2, 0.25) is 5.91 Å². The van der Waals surface area contributed by atoms with Gasteiger partial charge in [0.15, 0.2) is 5.78 Å². The lowest BCUT2D eigenvalue weighted by Crippen LogP contribution is -2.29. The molecule has 0 aromatic carbocycles. The number of ketones is 1. The Morgan fingerprint density at radius 2 is 2.12 bits per heavy atom. The fourth-order valence-corrected chi connectivity index (χ4v) is 2.58. The van der Waals surface area contributed by atoms with Crippen LogP contribution >= 0.6 is 0 Å². The van der Waals surface area contributed by atoms with Crippen LogP contribution in [0, 0.1) is 12.3 Å². The molecule has 0 saturated heterocycles. The fraction of sp³-hybridized carbons (Fsp3) is 0.538. The lowest BCUT2D eigenvalue weighted by molar-refractivity contribution is -0.118. The highest BCUT2D eigenvalue weighted by molar-refractivity contribution is 5.99. The van der Waals surface area contributed by atoms with E-state index in [4.69, 9.17) is 5.73 Å². The van der Waals surface area contributed by atoms with Gasteiger partial charge in [0.05, 0.1) is 0 Å². The summed E-state index contributed by atoms with van der Waals surface area (Å²) in [6.45, 7) is 6.21. The van der Waals surface area contributed by atoms with Crippen molar-refractivity contribution < 1.29 is 9.59 Å². The van der Waals surface area contributed by atoms with E-state index in [0.29, 0.717) is 6.42 Å². The van der Waals surface area contributed by atoms with Crippen molar-refractivity contribution in [3.8, 4) is 0 Å². The summed E-state index contributed by atoms with van der Waals surface area (Å²) in [5.41, 5.74) is 7.86. The summed E-state index contributed by atoms with van der Waals surface area (Å²) < 4.78 is 1.87. The molecule has 0 radical (unpaired) electrons. The van der Waals surface area contributed by atoms with Gasteiger partial charge in [0.1, 0.15) is 6.54 Å². The fourth-order valence-electron chi connectivity index (χ4n) is 2.58. The van der Waals surface area contributed by atoms with E-state index < -0.39 is 0 Å². The highest BCUT2D eigenvalue weighted by atomic mass is 16.1. The number of amides is 1. The van der Waals surface area contributed by atoms with Gasteiger partial charge in [0.25, 0.3) is 0 Å². The van der Waals surface area contributed by atoms with Crippen LogP contribution in [0.5, 0.6) is 0 Å². The third-order valence-corrected chi connectivity index (χ3v) is 3.32. The maximum absolute atomic E-state index is 12.0. The Labute approximate surface area is 101 Å². The summed E-state index contributed by atoms with van der Waals surface area (Å²) in [6.07, 6.45) is 1.38. The molecule has 0 aliphatic heterocycles. The predicted molar refractivity (Wildman–Crippen MR) is 64.8 cm³/mol. The van der Waals surface area contributed by atoms with Crippen LogP contribution in [0.1, 0.15) is 42.0 Å². The number of Topliss-reactive ketones (excluding diaryl/α,β-unsaturated/α-hetero) is 1. The second-order valence-corrected chi connectivity index (χ2v) is 5.64. The van der Waals surface area contributed by atoms with Gasteiger partial charge in [-0.1, -0.05) is 13.8 Å². The molecule has 2 N–H and O–H groups in total. The summed E-state index contributed by atoms with van der Waals surface area (Å²) in [5.74, 6) is -0.204. The van der Waals surface area contributed by atoms with Crippen molar-refractivity contribution in [2.24, 2.45) is 11.1 Å². The first-order chi connectivity index (χ1) is 7.80. The van der Waals surface area contributed by atoms with Gasteiger partial charge in [-0.05, 0) is 24.8 Å². The molecule has 0 unspecified atom stereocenters. The first-order valence-electron chi connectivity index (χ1n) is 5.81. The van der Waals surface area contributed by atoms with Crippen molar-refractivity contribution in [3.63, 3.8) is 0 Å². The number of rotatable bonds is 2. The van der Waals surface area contributed by atoms with Crippen molar-refractivity contribution in [2.75, 3.05) is 0 Å². The number of hydrogen-bond donors (Lipinski definition) is 1. The molecule has 92 valence electrons. The average molecular weight is 234 g/mol. The smallest absolute Gasteiger partial charge is 0.237 e. The summed E-state index contributed by atoms with van der Waals surface area (Å²) >= 11 is 0. The molecular weight excluding hydrogens is 216 g/mol. The van der Waals surface area contributed by atoms with E-state index in [1.165, 1.54) is 0 Å². The van der Waals surface area contributed by atoms with Crippen molar-refractivity contribution in [2.45, 2.75) is 40.2 Å². The van der Waals surface area contributed by atoms with E-state index in [2.05, 4.69) is 13.8 Å². The topological polar surface area (TPSA) is 65.1 Å². The van der Waals surface area contributed by atoms with Gasteiger partial charge in [-0.3, -0.25) is 9.59 Å². The summed E-state index contributed by atoms with van der Waals surface area (Å²) in [5, 5.41) is 0. The maximum Gasteiger partial charge on any atom is 0.237 e. The second kappa shape index (κ2) is 3.72. The molecule has 1 aliphatic carbocycles. The Hall–Kier alpha value is -1.58. The third kappa shape index (κ3) is 2.12. The van der Waals surface area contributed by atoms with E-state index in [0.717, 1.165) is 23.4 Å². The first kappa shape index (κ1) is 11.9. The Morgan fingerprint density at radius 3 is 2.71 bits per heavy atom. The van der Waals surface area contributed by atoms with Gasteiger partial charge in [-0.25, -0.2) is 0 Å². The van der Waals surface area contributed by atoms with Gasteiger partial charge < -0.3 is 10.3 Å². The molecule has 1 aliphatic rings. The van der Waals surface area contributed by atoms with Crippen LogP contribution in [-0.2, 0) is 17.8 Å². The van der Waals surface area contributed by atoms with E-state index in [1.807, 2.05) is 17.6 Å². The molecule has 4 heteroatoms. The number of nitrogens with zero attached hydrogens (tertiary/aromatic N) is 1. The van der Waals surface area contributed by atoms with Crippen molar-refractivity contribution >= 4 is 11.7 Å². The Kier molecular flexibility index (Phi) is 2.60. The minimum atomic E-state index is -0.373. The van der Waals surface area contributed by atoms with E-state index >= 15 is 0 Å². The monoisotopic (exact) mass is 234 g/mol. The molecule has 17 heavy (non-hydrogen) atoms. The van der Waals surface area contributed by atoms with Crippen LogP contribution in [0.15, 0.2) is 6.07 Å². The molecule has 1 heterocycles. The molecule has 0 spiro atoms. The van der Waals surface area contributed by atoms with E-state index in [9.17, 15) is 9.59 Å². The zero-order valence-corrected chi connectivity index (χ0v) is 10.5. The molecule has 1 amide bonds. The average Bonchev–Trinajstić information content (AvgIpc) is 2.43. The van der Waals surface area contributed by atoms with E-state index in [-0.39, 0.29) is 23.7 Å². The Morgan fingerprint density at radius 1 is 1.47 bits per heavy atom. The zero-order chi connectivity index (χ0) is 12.8. The van der Waals surface area contributed by atoms with Crippen molar-refractivity contribution in [1.82, 2.24) is 4.57 Å². The zero-order valence-electron chi connectivity index (χ0n) is 10.5. The maximum atomic E-state index is 12.0. The van der Waals surface area contributed by atoms with Crippen LogP contribution in [0.3, 0.4) is 0 Å². The molecular formula is C13H18N2O2. The highest BCUT2D eigenvalue weighted by Gasteiger charge is 2.33. The number of carbonyl (C=O) groups excluding carboxylic acids is 2. The van der Waals surface area contributed by atoms with Crippen molar-refractivity contribution in [1.29, 1.82) is 0 Å². The second-order valence-electron chi connectivity index (χ2n) is 5.64. The summed E-state index contributed by atoms with van der Waals surface area (Å²) in [4.78, 5) is 23.1. The normalized spacial score (nSPS) is 17.9. The lowest BCUT2D eigenvalue weighted by Gasteiger charge is -2.29. The minimum absolute atomic E-state index is 0.0374. The molecule has 0 saturated carbocycles. The van der Waals surface area contributed by atoms with Gasteiger partial charge in [-0.2, -0.15) is 0 Å². The molecule has 0 fully saturated rings. The molecule has 1 aromatic heterocycles. The minimum Gasteiger partial charge on any atom is -0.368 e.